The van der Waals surface area contributed by atoms with Crippen molar-refractivity contribution >= 4 is 0 Å². The summed E-state index contributed by atoms with van der Waals surface area (Å²) in [6.45, 7) is 2.70. The number of hydrogen-bond donors (Lipinski definition) is 1. The van der Waals surface area contributed by atoms with Crippen LogP contribution in [0.5, 0.6) is 5.75 Å². The second-order valence-electron chi connectivity index (χ2n) is 5.50. The van der Waals surface area contributed by atoms with Crippen LogP contribution in [-0.4, -0.2) is 18.3 Å². The molecule has 0 amide bonds. The topological polar surface area (TPSA) is 29.5 Å². The average Bonchev–Trinajstić information content (AvgIpc) is 3.22. The fourth-order valence-electron chi connectivity index (χ4n) is 2.93. The second kappa shape index (κ2) is 12.4. The number of hydrogen-bond acceptors (Lipinski definition) is 2. The number of ether oxygens (including phenoxy) is 1. The van der Waals surface area contributed by atoms with Crippen molar-refractivity contribution in [2.45, 2.75) is 12.8 Å². The molecule has 0 aromatic heterocycles. The number of halogens is 2. The maximum Gasteiger partial charge on any atom is 4.00 e. The fraction of sp³-hybridized carbons (Fsp3) is 0.190. The number of rotatable bonds is 3. The Kier molecular flexibility index (Phi) is 11.9. The average molecular weight is 467 g/mol. The van der Waals surface area contributed by atoms with Crippen molar-refractivity contribution in [1.82, 2.24) is 0 Å². The van der Waals surface area contributed by atoms with E-state index in [-0.39, 0.29) is 57.6 Å². The minimum Gasteiger partial charge on any atom is -1.00 e. The van der Waals surface area contributed by atoms with Gasteiger partial charge < -0.3 is 34.7 Å². The molecule has 1 atom stereocenters. The molecule has 0 aliphatic heterocycles. The zero-order valence-electron chi connectivity index (χ0n) is 14.5. The molecule has 1 aliphatic rings. The summed E-state index contributed by atoms with van der Waals surface area (Å²) in [7, 11) is 0. The van der Waals surface area contributed by atoms with E-state index in [1.165, 1.54) is 22.3 Å². The van der Waals surface area contributed by atoms with Crippen molar-refractivity contribution in [3.63, 3.8) is 0 Å². The largest absolute Gasteiger partial charge is 4.00 e. The first-order valence-electron chi connectivity index (χ1n) is 7.86. The van der Waals surface area contributed by atoms with Crippen LogP contribution in [0.15, 0.2) is 66.7 Å². The smallest absolute Gasteiger partial charge is 1.00 e. The Labute approximate surface area is 186 Å². The van der Waals surface area contributed by atoms with Gasteiger partial charge in [0.1, 0.15) is 0 Å². The summed E-state index contributed by atoms with van der Waals surface area (Å²) < 4.78 is 5.05. The molecule has 134 valence electrons. The van der Waals surface area contributed by atoms with Gasteiger partial charge in [-0.3, -0.25) is 0 Å². The van der Waals surface area contributed by atoms with Gasteiger partial charge in [0.05, 0.1) is 13.2 Å². The summed E-state index contributed by atoms with van der Waals surface area (Å²) >= 11 is 0. The van der Waals surface area contributed by atoms with Crippen molar-refractivity contribution in [3.05, 3.63) is 83.9 Å². The normalized spacial score (nSPS) is 12.8. The van der Waals surface area contributed by atoms with E-state index < -0.39 is 0 Å². The van der Waals surface area contributed by atoms with Gasteiger partial charge >= 0.3 is 26.2 Å². The van der Waals surface area contributed by atoms with Crippen molar-refractivity contribution < 1.29 is 60.9 Å². The number of benzene rings is 2. The monoisotopic (exact) mass is 464 g/mol. The Bertz CT molecular complexity index is 715. The molecule has 1 unspecified atom stereocenters. The zero-order chi connectivity index (χ0) is 16.1. The Hall–Kier alpha value is -0.987. The van der Waals surface area contributed by atoms with Gasteiger partial charge in [0, 0.05) is 5.75 Å². The van der Waals surface area contributed by atoms with Crippen LogP contribution in [0.3, 0.4) is 0 Å². The Morgan fingerprint density at radius 3 is 2.35 bits per heavy atom. The predicted molar refractivity (Wildman–Crippen MR) is 92.8 cm³/mol. The van der Waals surface area contributed by atoms with Gasteiger partial charge in [-0.05, 0) is 11.5 Å². The Balaban J connectivity index is 0.000000466. The van der Waals surface area contributed by atoms with Crippen LogP contribution < -0.4 is 29.6 Å². The van der Waals surface area contributed by atoms with Crippen LogP contribution >= 0.6 is 0 Å². The van der Waals surface area contributed by atoms with E-state index in [1.54, 1.807) is 0 Å². The number of aliphatic hydroxyl groups excluding tert-OH is 1. The van der Waals surface area contributed by atoms with E-state index in [0.717, 1.165) is 5.75 Å². The van der Waals surface area contributed by atoms with Crippen LogP contribution in [0.4, 0.5) is 0 Å². The van der Waals surface area contributed by atoms with Crippen LogP contribution in [0.1, 0.15) is 24.0 Å². The van der Waals surface area contributed by atoms with Gasteiger partial charge in [0.2, 0.25) is 0 Å². The van der Waals surface area contributed by atoms with E-state index in [4.69, 9.17) is 9.84 Å². The maximum absolute atomic E-state index is 8.34. The molecule has 0 saturated carbocycles. The van der Waals surface area contributed by atoms with E-state index in [2.05, 4.69) is 49.4 Å². The van der Waals surface area contributed by atoms with Crippen LogP contribution in [0.2, 0.25) is 0 Å². The predicted octanol–water partition coefficient (Wildman–Crippen LogP) is -1.60. The molecule has 0 saturated heterocycles. The first-order chi connectivity index (χ1) is 11.3. The van der Waals surface area contributed by atoms with Crippen molar-refractivity contribution in [2.24, 2.45) is 0 Å². The molecule has 26 heavy (non-hydrogen) atoms. The molecule has 3 aromatic rings. The van der Waals surface area contributed by atoms with Crippen molar-refractivity contribution in [3.8, 4) is 16.9 Å². The molecule has 3 aromatic carbocycles. The Morgan fingerprint density at radius 2 is 1.65 bits per heavy atom. The third-order valence-electron chi connectivity index (χ3n) is 4.03. The molecule has 1 N–H and O–H groups in total. The molecule has 0 fully saturated rings. The van der Waals surface area contributed by atoms with E-state index >= 15 is 0 Å². The first-order valence-corrected chi connectivity index (χ1v) is 7.86. The Morgan fingerprint density at radius 1 is 1.00 bits per heavy atom. The third kappa shape index (κ3) is 5.76. The minimum absolute atomic E-state index is 0. The first kappa shape index (κ1) is 25.0. The standard InChI is InChI=1S/C14H11.C7H9O2.2ClH.Zr/c1-10-11-6-2-4-8-13(11)14-9-5-3-7-12(10)14;8-5-6-9-7-3-1-2-4-7;;;/h2-6,8-10H,1H3;1-4,8H,5-6H2;2*1H;/q2*-1;;;+4/p-2. The van der Waals surface area contributed by atoms with Crippen molar-refractivity contribution in [2.75, 3.05) is 13.2 Å². The molecule has 0 radical (unpaired) electrons. The molecule has 0 spiro atoms. The van der Waals surface area contributed by atoms with E-state index in [1.807, 2.05) is 30.3 Å². The molecule has 5 heteroatoms. The summed E-state index contributed by atoms with van der Waals surface area (Å²) in [5.41, 5.74) is 5.51. The fourth-order valence-corrected chi connectivity index (χ4v) is 2.93. The molecular formula is C21H20Cl2O2Zr. The molecule has 4 rings (SSSR count). The molecule has 0 bridgehead atoms. The quantitative estimate of drug-likeness (QED) is 0.472. The van der Waals surface area contributed by atoms with Crippen LogP contribution in [-0.2, 0) is 26.2 Å². The summed E-state index contributed by atoms with van der Waals surface area (Å²) in [6, 6.07) is 25.7. The maximum atomic E-state index is 8.34. The summed E-state index contributed by atoms with van der Waals surface area (Å²) in [4.78, 5) is 0. The van der Waals surface area contributed by atoms with E-state index in [9.17, 15) is 0 Å². The second-order valence-corrected chi connectivity index (χ2v) is 5.50. The SMILES string of the molecule is CC1c2[c-]cccc2-c2ccccc21.OCCO[c-]1cccc1.[Cl-].[Cl-].[Zr+4]. The van der Waals surface area contributed by atoms with Gasteiger partial charge in [0.25, 0.3) is 0 Å². The van der Waals surface area contributed by atoms with Gasteiger partial charge in [0.15, 0.2) is 0 Å². The summed E-state index contributed by atoms with van der Waals surface area (Å²) in [5.74, 6) is 1.33. The van der Waals surface area contributed by atoms with Gasteiger partial charge in [-0.25, -0.2) is 12.1 Å². The van der Waals surface area contributed by atoms with Gasteiger partial charge in [-0.15, -0.1) is 23.3 Å². The van der Waals surface area contributed by atoms with Crippen LogP contribution in [0.25, 0.3) is 11.1 Å². The summed E-state index contributed by atoms with van der Waals surface area (Å²) in [6.07, 6.45) is 0. The summed E-state index contributed by atoms with van der Waals surface area (Å²) in [5, 5.41) is 8.34. The number of fused-ring (bicyclic) bond motifs is 3. The molecule has 1 aliphatic carbocycles. The van der Waals surface area contributed by atoms with Gasteiger partial charge in [-0.2, -0.15) is 24.3 Å². The molecule has 0 heterocycles. The third-order valence-corrected chi connectivity index (χ3v) is 4.03. The van der Waals surface area contributed by atoms with E-state index in [0.29, 0.717) is 12.5 Å². The minimum atomic E-state index is 0. The van der Waals surface area contributed by atoms with Crippen LogP contribution in [0, 0.1) is 6.07 Å². The number of aliphatic hydroxyl groups is 1. The van der Waals surface area contributed by atoms with Crippen molar-refractivity contribution in [1.29, 1.82) is 0 Å². The zero-order valence-corrected chi connectivity index (χ0v) is 18.4. The van der Waals surface area contributed by atoms with Gasteiger partial charge in [-0.1, -0.05) is 36.8 Å². The molecular weight excluding hydrogens is 446 g/mol. The molecule has 2 nitrogen and oxygen atoms in total.